The number of nitrogens with zero attached hydrogens (tertiary/aromatic N) is 4. The largest absolute Gasteiger partial charge is 0.383 e. The van der Waals surface area contributed by atoms with Gasteiger partial charge in [-0.05, 0) is 54.2 Å². The predicted octanol–water partition coefficient (Wildman–Crippen LogP) is 5.15. The van der Waals surface area contributed by atoms with Crippen LogP contribution in [-0.4, -0.2) is 48.0 Å². The Kier molecular flexibility index (Phi) is 7.75. The van der Waals surface area contributed by atoms with Crippen LogP contribution in [0.4, 0.5) is 15.8 Å². The molecule has 4 N–H and O–H groups in total. The lowest BCUT2D eigenvalue weighted by Gasteiger charge is -2.21. The minimum Gasteiger partial charge on any atom is -0.383 e. The number of nitrogens with two attached hydrogens (primary N) is 1. The lowest BCUT2D eigenvalue weighted by molar-refractivity contribution is 0.102. The minimum absolute atomic E-state index is 0.0327. The third kappa shape index (κ3) is 6.16. The van der Waals surface area contributed by atoms with Crippen molar-refractivity contribution in [3.63, 3.8) is 0 Å². The van der Waals surface area contributed by atoms with Crippen LogP contribution in [0.5, 0.6) is 0 Å². The second-order valence-electron chi connectivity index (χ2n) is 10.4. The Hall–Kier alpha value is -4.27. The van der Waals surface area contributed by atoms with Gasteiger partial charge in [-0.2, -0.15) is 0 Å². The predicted molar refractivity (Wildman–Crippen MR) is 154 cm³/mol. The van der Waals surface area contributed by atoms with Crippen molar-refractivity contribution >= 4 is 35.2 Å². The van der Waals surface area contributed by atoms with Gasteiger partial charge in [0.05, 0.1) is 12.8 Å². The van der Waals surface area contributed by atoms with E-state index in [-0.39, 0.29) is 23.7 Å². The fourth-order valence-corrected chi connectivity index (χ4v) is 4.18. The number of carbonyl (C=O) groups is 1. The van der Waals surface area contributed by atoms with Crippen LogP contribution >= 0.6 is 0 Å². The number of amides is 1. The SMILES string of the molecule is C=C/N=C1/C=NC(N2CC[C@@H](F)C2)=N/C1=C(/N)Nc1cc(C(=O)Nc2cccc(C(C)(C)C)c2)ccc1C. The van der Waals surface area contributed by atoms with Gasteiger partial charge in [-0.3, -0.25) is 9.79 Å². The van der Waals surface area contributed by atoms with E-state index in [9.17, 15) is 9.18 Å². The Bertz CT molecular complexity index is 1370. The summed E-state index contributed by atoms with van der Waals surface area (Å²) >= 11 is 0. The summed E-state index contributed by atoms with van der Waals surface area (Å²) in [5.74, 6) is 0.373. The summed E-state index contributed by atoms with van der Waals surface area (Å²) in [6, 6.07) is 13.2. The number of benzene rings is 2. The lowest BCUT2D eigenvalue weighted by Crippen LogP contribution is -2.32. The molecule has 2 aliphatic heterocycles. The molecule has 0 unspecified atom stereocenters. The molecule has 38 heavy (non-hydrogen) atoms. The third-order valence-electron chi connectivity index (χ3n) is 6.41. The molecule has 198 valence electrons. The smallest absolute Gasteiger partial charge is 0.255 e. The summed E-state index contributed by atoms with van der Waals surface area (Å²) < 4.78 is 13.8. The number of anilines is 2. The van der Waals surface area contributed by atoms with Gasteiger partial charge in [-0.15, -0.1) is 0 Å². The molecule has 2 aromatic carbocycles. The summed E-state index contributed by atoms with van der Waals surface area (Å²) in [4.78, 5) is 28.0. The van der Waals surface area contributed by atoms with Gasteiger partial charge in [-0.25, -0.2) is 14.4 Å². The number of aryl methyl sites for hydroxylation is 1. The highest BCUT2D eigenvalue weighted by atomic mass is 19.1. The molecule has 0 aliphatic carbocycles. The molecule has 9 heteroatoms. The number of likely N-dealkylation sites (tertiary alicyclic amines) is 1. The van der Waals surface area contributed by atoms with E-state index in [0.29, 0.717) is 41.6 Å². The van der Waals surface area contributed by atoms with Gasteiger partial charge in [0, 0.05) is 29.7 Å². The molecule has 1 saturated heterocycles. The van der Waals surface area contributed by atoms with Crippen LogP contribution < -0.4 is 16.4 Å². The summed E-state index contributed by atoms with van der Waals surface area (Å²) in [5, 5.41) is 6.16. The number of allylic oxidation sites excluding steroid dienone is 1. The fraction of sp³-hybridized carbons (Fsp3) is 0.310. The highest BCUT2D eigenvalue weighted by Crippen LogP contribution is 2.26. The van der Waals surface area contributed by atoms with Crippen molar-refractivity contribution in [3.8, 4) is 0 Å². The molecule has 1 amide bonds. The van der Waals surface area contributed by atoms with Crippen molar-refractivity contribution in [2.45, 2.75) is 45.7 Å². The van der Waals surface area contributed by atoms with Crippen LogP contribution in [0.15, 0.2) is 81.7 Å². The van der Waals surface area contributed by atoms with Crippen LogP contribution in [-0.2, 0) is 5.41 Å². The van der Waals surface area contributed by atoms with Crippen LogP contribution in [0, 0.1) is 6.92 Å². The van der Waals surface area contributed by atoms with E-state index in [1.54, 1.807) is 23.2 Å². The van der Waals surface area contributed by atoms with E-state index < -0.39 is 6.17 Å². The maximum Gasteiger partial charge on any atom is 0.255 e. The van der Waals surface area contributed by atoms with Crippen molar-refractivity contribution in [3.05, 3.63) is 83.5 Å². The number of rotatable bonds is 5. The summed E-state index contributed by atoms with van der Waals surface area (Å²) in [6.07, 6.45) is 2.45. The van der Waals surface area contributed by atoms with Gasteiger partial charge in [0.2, 0.25) is 5.96 Å². The first-order valence-corrected chi connectivity index (χ1v) is 12.6. The van der Waals surface area contributed by atoms with Gasteiger partial charge in [0.25, 0.3) is 5.91 Å². The van der Waals surface area contributed by atoms with E-state index >= 15 is 0 Å². The van der Waals surface area contributed by atoms with Crippen molar-refractivity contribution in [1.82, 2.24) is 4.90 Å². The molecule has 1 atom stereocenters. The number of halogens is 1. The second kappa shape index (κ2) is 11.0. The number of guanidine groups is 1. The maximum atomic E-state index is 13.8. The average molecular weight is 516 g/mol. The van der Waals surface area contributed by atoms with Crippen molar-refractivity contribution in [2.24, 2.45) is 20.7 Å². The maximum absolute atomic E-state index is 13.8. The molecule has 0 aromatic heterocycles. The molecule has 0 radical (unpaired) electrons. The van der Waals surface area contributed by atoms with E-state index in [0.717, 1.165) is 16.8 Å². The quantitative estimate of drug-likeness (QED) is 0.512. The van der Waals surface area contributed by atoms with Gasteiger partial charge in [0.15, 0.2) is 0 Å². The summed E-state index contributed by atoms with van der Waals surface area (Å²) in [6.45, 7) is 12.7. The number of alkyl halides is 1. The van der Waals surface area contributed by atoms with Crippen molar-refractivity contribution in [2.75, 3.05) is 23.7 Å². The molecule has 1 fully saturated rings. The Morgan fingerprint density at radius 2 is 2.03 bits per heavy atom. The lowest BCUT2D eigenvalue weighted by atomic mass is 9.87. The monoisotopic (exact) mass is 515 g/mol. The van der Waals surface area contributed by atoms with E-state index in [1.165, 1.54) is 6.20 Å². The Morgan fingerprint density at radius 1 is 1.24 bits per heavy atom. The van der Waals surface area contributed by atoms with E-state index in [4.69, 9.17) is 5.73 Å². The second-order valence-corrected chi connectivity index (χ2v) is 10.4. The number of aliphatic imine (C=N–C) groups is 3. The van der Waals surface area contributed by atoms with Crippen LogP contribution in [0.25, 0.3) is 0 Å². The Labute approximate surface area is 223 Å². The first-order chi connectivity index (χ1) is 18.0. The number of nitrogens with one attached hydrogen (secondary N) is 2. The van der Waals surface area contributed by atoms with E-state index in [2.05, 4.69) is 53.0 Å². The number of hydrogen-bond acceptors (Lipinski definition) is 7. The highest BCUT2D eigenvalue weighted by Gasteiger charge is 2.27. The zero-order valence-electron chi connectivity index (χ0n) is 22.3. The zero-order valence-corrected chi connectivity index (χ0v) is 22.3. The average Bonchev–Trinajstić information content (AvgIpc) is 3.31. The first-order valence-electron chi connectivity index (χ1n) is 12.6. The molecule has 0 bridgehead atoms. The Balaban J connectivity index is 1.59. The Morgan fingerprint density at radius 3 is 2.71 bits per heavy atom. The molecule has 2 aromatic rings. The first kappa shape index (κ1) is 26.8. The van der Waals surface area contributed by atoms with Crippen molar-refractivity contribution in [1.29, 1.82) is 0 Å². The summed E-state index contributed by atoms with van der Waals surface area (Å²) in [7, 11) is 0. The van der Waals surface area contributed by atoms with Crippen molar-refractivity contribution < 1.29 is 9.18 Å². The molecule has 0 saturated carbocycles. The standard InChI is InChI=1S/C29H34FN7O/c1-6-32-24-16-33-28(37-13-12-21(30)17-37)36-25(24)26(31)35-23-14-19(11-10-18(23)2)27(38)34-22-9-7-8-20(15-22)29(3,4)5/h6-11,14-16,21,35H,1,12-13,17,31H2,2-5H3,(H,34,38)/b26-25-,32-24-/t21-/m1/s1. The minimum atomic E-state index is -0.911. The van der Waals surface area contributed by atoms with Crippen LogP contribution in [0.3, 0.4) is 0 Å². The molecular weight excluding hydrogens is 481 g/mol. The van der Waals surface area contributed by atoms with Gasteiger partial charge < -0.3 is 21.3 Å². The normalized spacial score (nSPS) is 19.8. The van der Waals surface area contributed by atoms with Crippen LogP contribution in [0.1, 0.15) is 48.7 Å². The molecule has 0 spiro atoms. The molecule has 4 rings (SSSR count). The number of hydrogen-bond donors (Lipinski definition) is 3. The van der Waals surface area contributed by atoms with E-state index in [1.807, 2.05) is 37.3 Å². The van der Waals surface area contributed by atoms with Gasteiger partial charge >= 0.3 is 0 Å². The molecule has 8 nitrogen and oxygen atoms in total. The zero-order chi connectivity index (χ0) is 27.4. The third-order valence-corrected chi connectivity index (χ3v) is 6.41. The topological polar surface area (TPSA) is 107 Å². The summed E-state index contributed by atoms with van der Waals surface area (Å²) in [5.41, 5.74) is 11.1. The number of carbonyl (C=O) groups excluding carboxylic acids is 1. The van der Waals surface area contributed by atoms with Crippen LogP contribution in [0.2, 0.25) is 0 Å². The van der Waals surface area contributed by atoms with Gasteiger partial charge in [0.1, 0.15) is 23.4 Å². The molecular formula is C29H34FN7O. The molecule has 2 heterocycles. The fourth-order valence-electron chi connectivity index (χ4n) is 4.18. The highest BCUT2D eigenvalue weighted by molar-refractivity contribution is 6.41. The van der Waals surface area contributed by atoms with Gasteiger partial charge in [-0.1, -0.05) is 45.5 Å². The molecule has 2 aliphatic rings.